The van der Waals surface area contributed by atoms with Crippen LogP contribution in [-0.2, 0) is 21.0 Å². The fourth-order valence-corrected chi connectivity index (χ4v) is 4.98. The Bertz CT molecular complexity index is 1260. The van der Waals surface area contributed by atoms with Gasteiger partial charge in [-0.1, -0.05) is 59.6 Å². The molecule has 3 aromatic carbocycles. The Kier molecular flexibility index (Phi) is 7.57. The van der Waals surface area contributed by atoms with Gasteiger partial charge in [0.05, 0.1) is 27.2 Å². The third kappa shape index (κ3) is 5.90. The number of nitrogens with one attached hydrogen (secondary N) is 1. The summed E-state index contributed by atoms with van der Waals surface area (Å²) >= 11 is 6.13. The molecule has 0 aliphatic carbocycles. The zero-order valence-electron chi connectivity index (χ0n) is 18.3. The van der Waals surface area contributed by atoms with E-state index in [2.05, 4.69) is 5.32 Å². The van der Waals surface area contributed by atoms with Crippen LogP contribution in [0, 0.1) is 6.92 Å². The number of sulfonamides is 1. The number of anilines is 1. The normalized spacial score (nSPS) is 12.8. The van der Waals surface area contributed by atoms with Gasteiger partial charge in [0.2, 0.25) is 5.91 Å². The first-order valence-corrected chi connectivity index (χ1v) is 12.0. The van der Waals surface area contributed by atoms with Crippen LogP contribution >= 0.6 is 11.6 Å². The minimum Gasteiger partial charge on any atom is -0.348 e. The van der Waals surface area contributed by atoms with Gasteiger partial charge in [-0.2, -0.15) is 13.2 Å². The summed E-state index contributed by atoms with van der Waals surface area (Å²) < 4.78 is 67.4. The lowest BCUT2D eigenvalue weighted by Crippen LogP contribution is -2.41. The average Bonchev–Trinajstić information content (AvgIpc) is 2.78. The Morgan fingerprint density at radius 3 is 2.24 bits per heavy atom. The molecule has 0 aromatic heterocycles. The van der Waals surface area contributed by atoms with Gasteiger partial charge < -0.3 is 5.32 Å². The van der Waals surface area contributed by atoms with Crippen LogP contribution in [0.4, 0.5) is 18.9 Å². The van der Waals surface area contributed by atoms with Crippen molar-refractivity contribution in [1.29, 1.82) is 0 Å². The molecule has 3 rings (SSSR count). The second-order valence-electron chi connectivity index (χ2n) is 7.69. The molecule has 0 heterocycles. The largest absolute Gasteiger partial charge is 0.416 e. The summed E-state index contributed by atoms with van der Waals surface area (Å²) in [5, 5.41) is 2.45. The number of halogens is 4. The van der Waals surface area contributed by atoms with Gasteiger partial charge in [-0.3, -0.25) is 9.10 Å². The van der Waals surface area contributed by atoms with Gasteiger partial charge >= 0.3 is 6.18 Å². The number of alkyl halides is 3. The zero-order valence-corrected chi connectivity index (χ0v) is 19.9. The molecule has 0 unspecified atom stereocenters. The van der Waals surface area contributed by atoms with E-state index in [9.17, 15) is 26.4 Å². The van der Waals surface area contributed by atoms with Crippen LogP contribution in [0.25, 0.3) is 0 Å². The molecule has 1 amide bonds. The van der Waals surface area contributed by atoms with E-state index in [1.54, 1.807) is 13.0 Å². The van der Waals surface area contributed by atoms with Crippen molar-refractivity contribution < 1.29 is 26.4 Å². The molecule has 0 fully saturated rings. The molecule has 0 bridgehead atoms. The topological polar surface area (TPSA) is 66.5 Å². The van der Waals surface area contributed by atoms with Crippen molar-refractivity contribution in [2.24, 2.45) is 0 Å². The maximum atomic E-state index is 13.4. The summed E-state index contributed by atoms with van der Waals surface area (Å²) in [6.45, 7) is 2.86. The predicted octanol–water partition coefficient (Wildman–Crippen LogP) is 5.74. The molecule has 180 valence electrons. The van der Waals surface area contributed by atoms with Crippen LogP contribution in [-0.4, -0.2) is 20.9 Å². The van der Waals surface area contributed by atoms with Crippen molar-refractivity contribution in [3.8, 4) is 0 Å². The molecular weight excluding hydrogens is 489 g/mol. The number of carbonyl (C=O) groups excluding carboxylic acids is 1. The summed E-state index contributed by atoms with van der Waals surface area (Å²) in [7, 11) is -4.42. The highest BCUT2D eigenvalue weighted by atomic mass is 35.5. The molecule has 5 nitrogen and oxygen atoms in total. The minimum absolute atomic E-state index is 0.192. The van der Waals surface area contributed by atoms with Crippen LogP contribution in [0.15, 0.2) is 77.7 Å². The van der Waals surface area contributed by atoms with E-state index in [0.29, 0.717) is 10.4 Å². The van der Waals surface area contributed by atoms with Gasteiger partial charge in [0.1, 0.15) is 6.54 Å². The molecule has 0 aliphatic rings. The first-order chi connectivity index (χ1) is 15.9. The van der Waals surface area contributed by atoms with Crippen molar-refractivity contribution in [1.82, 2.24) is 5.32 Å². The standard InChI is InChI=1S/C24H22ClF3N2O3S/c1-16-8-10-18(11-9-16)17(2)29-23(31)15-30(34(32,33)20-6-4-3-5-7-20)22-14-19(24(26,27)28)12-13-21(22)25/h3-14,17H,15H2,1-2H3,(H,29,31)/t17-/m1/s1. The Hall–Kier alpha value is -3.04. The number of benzene rings is 3. The Labute approximate surface area is 201 Å². The second kappa shape index (κ2) is 10.1. The third-order valence-corrected chi connectivity index (χ3v) is 7.21. The number of carbonyl (C=O) groups is 1. The van der Waals surface area contributed by atoms with Crippen molar-refractivity contribution in [3.63, 3.8) is 0 Å². The number of amides is 1. The predicted molar refractivity (Wildman–Crippen MR) is 125 cm³/mol. The van der Waals surface area contributed by atoms with Crippen LogP contribution in [0.2, 0.25) is 5.02 Å². The van der Waals surface area contributed by atoms with Gasteiger partial charge in [-0.05, 0) is 49.7 Å². The van der Waals surface area contributed by atoms with Gasteiger partial charge in [0.15, 0.2) is 0 Å². The fraction of sp³-hybridized carbons (Fsp3) is 0.208. The summed E-state index contributed by atoms with van der Waals surface area (Å²) in [6.07, 6.45) is -4.73. The van der Waals surface area contributed by atoms with Gasteiger partial charge in [0, 0.05) is 0 Å². The lowest BCUT2D eigenvalue weighted by Gasteiger charge is -2.26. The number of aryl methyl sites for hydroxylation is 1. The van der Waals surface area contributed by atoms with Crippen molar-refractivity contribution in [2.45, 2.75) is 31.0 Å². The SMILES string of the molecule is Cc1ccc([C@@H](C)NC(=O)CN(c2cc(C(F)(F)F)ccc2Cl)S(=O)(=O)c2ccccc2)cc1. The smallest absolute Gasteiger partial charge is 0.348 e. The van der Waals surface area contributed by atoms with Crippen LogP contribution < -0.4 is 9.62 Å². The highest BCUT2D eigenvalue weighted by Gasteiger charge is 2.34. The van der Waals surface area contributed by atoms with E-state index < -0.39 is 45.9 Å². The zero-order chi connectivity index (χ0) is 25.1. The third-order valence-electron chi connectivity index (χ3n) is 5.12. The summed E-state index contributed by atoms with van der Waals surface area (Å²) in [4.78, 5) is 12.7. The van der Waals surface area contributed by atoms with E-state index in [-0.39, 0.29) is 9.92 Å². The Balaban J connectivity index is 1.99. The molecule has 0 aliphatic heterocycles. The van der Waals surface area contributed by atoms with Crippen molar-refractivity contribution >= 4 is 33.2 Å². The van der Waals surface area contributed by atoms with Gasteiger partial charge in [-0.25, -0.2) is 8.42 Å². The van der Waals surface area contributed by atoms with Crippen LogP contribution in [0.5, 0.6) is 0 Å². The molecule has 0 saturated heterocycles. The molecule has 34 heavy (non-hydrogen) atoms. The fourth-order valence-electron chi connectivity index (χ4n) is 3.26. The maximum absolute atomic E-state index is 13.4. The van der Waals surface area contributed by atoms with Crippen molar-refractivity contribution in [2.75, 3.05) is 10.8 Å². The quantitative estimate of drug-likeness (QED) is 0.441. The molecule has 3 aromatic rings. The van der Waals surface area contributed by atoms with E-state index in [4.69, 9.17) is 11.6 Å². The second-order valence-corrected chi connectivity index (χ2v) is 9.96. The molecular formula is C24H22ClF3N2O3S. The first-order valence-electron chi connectivity index (χ1n) is 10.2. The molecule has 0 saturated carbocycles. The number of nitrogens with zero attached hydrogens (tertiary/aromatic N) is 1. The van der Waals surface area contributed by atoms with Crippen LogP contribution in [0.3, 0.4) is 0 Å². The summed E-state index contributed by atoms with van der Waals surface area (Å²) in [5.41, 5.74) is 0.280. The van der Waals surface area contributed by atoms with E-state index in [1.165, 1.54) is 24.3 Å². The average molecular weight is 511 g/mol. The molecule has 0 spiro atoms. The molecule has 0 radical (unpaired) electrons. The van der Waals surface area contributed by atoms with Gasteiger partial charge in [0.25, 0.3) is 10.0 Å². The molecule has 1 N–H and O–H groups in total. The molecule has 10 heteroatoms. The lowest BCUT2D eigenvalue weighted by molar-refractivity contribution is -0.137. The Morgan fingerprint density at radius 2 is 1.65 bits per heavy atom. The van der Waals surface area contributed by atoms with E-state index in [1.807, 2.05) is 31.2 Å². The van der Waals surface area contributed by atoms with Crippen LogP contribution in [0.1, 0.15) is 29.7 Å². The lowest BCUT2D eigenvalue weighted by atomic mass is 10.1. The summed E-state index contributed by atoms with van der Waals surface area (Å²) in [5.74, 6) is -0.707. The monoisotopic (exact) mass is 510 g/mol. The number of hydrogen-bond acceptors (Lipinski definition) is 3. The number of rotatable bonds is 7. The van der Waals surface area contributed by atoms with Crippen molar-refractivity contribution in [3.05, 3.63) is 94.5 Å². The number of hydrogen-bond donors (Lipinski definition) is 1. The summed E-state index contributed by atoms with van der Waals surface area (Å²) in [6, 6.07) is 16.4. The highest BCUT2D eigenvalue weighted by molar-refractivity contribution is 7.92. The highest BCUT2D eigenvalue weighted by Crippen LogP contribution is 2.37. The van der Waals surface area contributed by atoms with Gasteiger partial charge in [-0.15, -0.1) is 0 Å². The Morgan fingerprint density at radius 1 is 1.03 bits per heavy atom. The van der Waals surface area contributed by atoms with E-state index in [0.717, 1.165) is 23.3 Å². The minimum atomic E-state index is -4.73. The van der Waals surface area contributed by atoms with E-state index >= 15 is 0 Å². The first kappa shape index (κ1) is 25.6. The maximum Gasteiger partial charge on any atom is 0.416 e. The molecule has 1 atom stereocenters.